The molecular formula is C12H11N2OPS. The smallest absolute Gasteiger partial charge is 0.100 e. The minimum Gasteiger partial charge on any atom is -0.365 e. The molecule has 0 saturated heterocycles. The van der Waals surface area contributed by atoms with Crippen LogP contribution in [0.25, 0.3) is 21.1 Å². The number of aromatic nitrogens is 2. The molecule has 0 aliphatic carbocycles. The van der Waals surface area contributed by atoms with Crippen molar-refractivity contribution < 1.29 is 4.52 Å². The molecule has 86 valence electrons. The van der Waals surface area contributed by atoms with E-state index in [0.29, 0.717) is 6.61 Å². The Bertz CT molecular complexity index is 668. The van der Waals surface area contributed by atoms with Crippen LogP contribution in [0.1, 0.15) is 5.01 Å². The van der Waals surface area contributed by atoms with Gasteiger partial charge < -0.3 is 4.52 Å². The predicted molar refractivity (Wildman–Crippen MR) is 74.3 cm³/mol. The van der Waals surface area contributed by atoms with Crippen LogP contribution in [0, 0.1) is 0 Å². The molecule has 0 aliphatic heterocycles. The third-order valence-electron chi connectivity index (χ3n) is 2.61. The van der Waals surface area contributed by atoms with Gasteiger partial charge in [0.1, 0.15) is 5.52 Å². The molecule has 17 heavy (non-hydrogen) atoms. The zero-order valence-electron chi connectivity index (χ0n) is 9.09. The normalized spacial score (nSPS) is 11.4. The highest BCUT2D eigenvalue weighted by Crippen LogP contribution is 2.28. The molecule has 1 aromatic carbocycles. The molecule has 5 heteroatoms. The highest BCUT2D eigenvalue weighted by atomic mass is 32.1. The van der Waals surface area contributed by atoms with E-state index < -0.39 is 0 Å². The Morgan fingerprint density at radius 1 is 1.24 bits per heavy atom. The number of nitrogens with zero attached hydrogens (tertiary/aromatic N) is 2. The van der Waals surface area contributed by atoms with Gasteiger partial charge in [-0.2, -0.15) is 0 Å². The number of para-hydroxylation sites is 1. The third kappa shape index (κ3) is 2.04. The number of hydrogen-bond donors (Lipinski definition) is 0. The molecule has 0 bridgehead atoms. The fourth-order valence-corrected chi connectivity index (χ4v) is 2.99. The Morgan fingerprint density at radius 2 is 2.12 bits per heavy atom. The van der Waals surface area contributed by atoms with E-state index in [0.717, 1.165) is 22.5 Å². The number of pyridine rings is 1. The molecule has 2 heterocycles. The second-order valence-corrected chi connectivity index (χ2v) is 5.14. The maximum atomic E-state index is 5.00. The average molecular weight is 262 g/mol. The maximum absolute atomic E-state index is 5.00. The Balaban J connectivity index is 2.17. The van der Waals surface area contributed by atoms with Gasteiger partial charge >= 0.3 is 0 Å². The Hall–Kier alpha value is -1.09. The van der Waals surface area contributed by atoms with Crippen LogP contribution in [-0.2, 0) is 10.9 Å². The van der Waals surface area contributed by atoms with Crippen LogP contribution in [0.15, 0.2) is 30.5 Å². The minimum absolute atomic E-state index is 0.676. The monoisotopic (exact) mass is 262 g/mol. The van der Waals surface area contributed by atoms with Gasteiger partial charge in [0.2, 0.25) is 0 Å². The number of benzene rings is 1. The largest absolute Gasteiger partial charge is 0.365 e. The molecule has 0 spiro atoms. The van der Waals surface area contributed by atoms with Crippen molar-refractivity contribution in [3.8, 4) is 0 Å². The molecule has 3 aromatic rings. The van der Waals surface area contributed by atoms with Gasteiger partial charge in [-0.3, -0.25) is 4.98 Å². The Kier molecular flexibility index (Phi) is 3.02. The van der Waals surface area contributed by atoms with Crippen LogP contribution >= 0.6 is 20.8 Å². The van der Waals surface area contributed by atoms with Gasteiger partial charge in [-0.15, -0.1) is 11.3 Å². The van der Waals surface area contributed by atoms with E-state index in [1.807, 2.05) is 24.4 Å². The van der Waals surface area contributed by atoms with Crippen molar-refractivity contribution in [2.75, 3.05) is 6.61 Å². The van der Waals surface area contributed by atoms with Crippen LogP contribution < -0.4 is 0 Å². The SMILES string of the molecule is POCCc1nc2cnc3ccccc3c2s1. The summed E-state index contributed by atoms with van der Waals surface area (Å²) in [4.78, 5) is 8.98. The van der Waals surface area contributed by atoms with E-state index in [4.69, 9.17) is 4.52 Å². The average Bonchev–Trinajstić information content (AvgIpc) is 2.79. The molecule has 3 nitrogen and oxygen atoms in total. The maximum Gasteiger partial charge on any atom is 0.100 e. The van der Waals surface area contributed by atoms with E-state index in [9.17, 15) is 0 Å². The second kappa shape index (κ2) is 4.65. The highest BCUT2D eigenvalue weighted by Gasteiger charge is 2.07. The van der Waals surface area contributed by atoms with Gasteiger partial charge in [-0.1, -0.05) is 18.2 Å². The molecular weight excluding hydrogens is 251 g/mol. The summed E-state index contributed by atoms with van der Waals surface area (Å²) in [6.45, 7) is 0.676. The molecule has 0 N–H and O–H groups in total. The molecule has 1 unspecified atom stereocenters. The summed E-state index contributed by atoms with van der Waals surface area (Å²) >= 11 is 1.73. The van der Waals surface area contributed by atoms with Gasteiger partial charge in [0.15, 0.2) is 0 Å². The summed E-state index contributed by atoms with van der Waals surface area (Å²) in [5.74, 6) is 0. The lowest BCUT2D eigenvalue weighted by Gasteiger charge is -1.95. The van der Waals surface area contributed by atoms with E-state index in [1.165, 1.54) is 10.1 Å². The molecule has 0 radical (unpaired) electrons. The summed E-state index contributed by atoms with van der Waals surface area (Å²) in [6.07, 6.45) is 2.69. The first-order valence-electron chi connectivity index (χ1n) is 5.33. The van der Waals surface area contributed by atoms with Gasteiger partial charge in [0.05, 0.1) is 28.0 Å². The minimum atomic E-state index is 0.676. The molecule has 0 aliphatic rings. The quantitative estimate of drug-likeness (QED) is 0.680. The fraction of sp³-hybridized carbons (Fsp3) is 0.167. The van der Waals surface area contributed by atoms with Gasteiger partial charge in [0, 0.05) is 21.3 Å². The summed E-state index contributed by atoms with van der Waals surface area (Å²) in [7, 11) is 2.26. The first-order valence-corrected chi connectivity index (χ1v) is 6.62. The van der Waals surface area contributed by atoms with E-state index >= 15 is 0 Å². The predicted octanol–water partition coefficient (Wildman–Crippen LogP) is 3.19. The van der Waals surface area contributed by atoms with Crippen molar-refractivity contribution in [1.82, 2.24) is 9.97 Å². The first kappa shape index (κ1) is 11.0. The van der Waals surface area contributed by atoms with Gasteiger partial charge in [-0.25, -0.2) is 4.98 Å². The standard InChI is InChI=1S/C12H11N2OPS/c16-15-6-5-11-14-10-7-13-9-4-2-1-3-8(9)12(10)17-11/h1-4,7H,5-6,16H2. The third-order valence-corrected chi connectivity index (χ3v) is 4.01. The van der Waals surface area contributed by atoms with Crippen molar-refractivity contribution in [2.45, 2.75) is 6.42 Å². The summed E-state index contributed by atoms with van der Waals surface area (Å²) in [5.41, 5.74) is 2.00. The van der Waals surface area contributed by atoms with Crippen molar-refractivity contribution in [3.63, 3.8) is 0 Å². The molecule has 0 fully saturated rings. The Morgan fingerprint density at radius 3 is 3.00 bits per heavy atom. The summed E-state index contributed by atoms with van der Waals surface area (Å²) in [5, 5.41) is 2.28. The van der Waals surface area contributed by atoms with Crippen LogP contribution in [0.3, 0.4) is 0 Å². The Labute approximate surface area is 105 Å². The molecule has 0 saturated carbocycles. The van der Waals surface area contributed by atoms with E-state index in [2.05, 4.69) is 25.5 Å². The van der Waals surface area contributed by atoms with Crippen molar-refractivity contribution >= 4 is 41.9 Å². The van der Waals surface area contributed by atoms with Gasteiger partial charge in [-0.05, 0) is 6.07 Å². The summed E-state index contributed by atoms with van der Waals surface area (Å²) in [6, 6.07) is 8.17. The topological polar surface area (TPSA) is 35.0 Å². The van der Waals surface area contributed by atoms with Crippen LogP contribution in [0.5, 0.6) is 0 Å². The van der Waals surface area contributed by atoms with Gasteiger partial charge in [0.25, 0.3) is 0 Å². The van der Waals surface area contributed by atoms with Crippen molar-refractivity contribution in [1.29, 1.82) is 0 Å². The zero-order chi connectivity index (χ0) is 11.7. The second-order valence-electron chi connectivity index (χ2n) is 3.72. The lowest BCUT2D eigenvalue weighted by molar-refractivity contribution is 0.377. The van der Waals surface area contributed by atoms with Crippen molar-refractivity contribution in [2.24, 2.45) is 0 Å². The summed E-state index contributed by atoms with van der Waals surface area (Å²) < 4.78 is 6.21. The van der Waals surface area contributed by atoms with Crippen LogP contribution in [-0.4, -0.2) is 16.6 Å². The van der Waals surface area contributed by atoms with E-state index in [1.54, 1.807) is 11.3 Å². The fourth-order valence-electron chi connectivity index (χ4n) is 1.82. The van der Waals surface area contributed by atoms with Crippen LogP contribution in [0.4, 0.5) is 0 Å². The lowest BCUT2D eigenvalue weighted by Crippen LogP contribution is -1.89. The number of fused-ring (bicyclic) bond motifs is 3. The van der Waals surface area contributed by atoms with Crippen molar-refractivity contribution in [3.05, 3.63) is 35.5 Å². The molecule has 0 amide bonds. The number of thiazole rings is 1. The molecule has 2 aromatic heterocycles. The first-order chi connectivity index (χ1) is 8.38. The van der Waals surface area contributed by atoms with Crippen LogP contribution in [0.2, 0.25) is 0 Å². The lowest BCUT2D eigenvalue weighted by atomic mass is 10.2. The zero-order valence-corrected chi connectivity index (χ0v) is 11.1. The number of hydrogen-bond acceptors (Lipinski definition) is 4. The molecule has 3 rings (SSSR count). The highest BCUT2D eigenvalue weighted by molar-refractivity contribution is 7.19. The van der Waals surface area contributed by atoms with E-state index in [-0.39, 0.29) is 0 Å². The molecule has 1 atom stereocenters. The number of rotatable bonds is 3.